The third-order valence-corrected chi connectivity index (χ3v) is 2.44. The number of hydrogen-bond acceptors (Lipinski definition) is 8. The van der Waals surface area contributed by atoms with Gasteiger partial charge in [-0.2, -0.15) is 0 Å². The molecule has 1 aliphatic rings. The second-order valence-electron chi connectivity index (χ2n) is 5.83. The molecule has 1 heterocycles. The number of esters is 1. The van der Waals surface area contributed by atoms with E-state index in [2.05, 4.69) is 9.78 Å². The summed E-state index contributed by atoms with van der Waals surface area (Å²) in [5.74, 6) is -1.13. The average molecular weight is 328 g/mol. The van der Waals surface area contributed by atoms with Gasteiger partial charge in [-0.25, -0.2) is 19.4 Å². The average Bonchev–Trinajstić information content (AvgIpc) is 3.18. The highest BCUT2D eigenvalue weighted by molar-refractivity contribution is 6.07. The molecule has 0 aromatic carbocycles. The van der Waals surface area contributed by atoms with Crippen molar-refractivity contribution in [1.82, 2.24) is 0 Å². The van der Waals surface area contributed by atoms with Crippen LogP contribution in [0.2, 0.25) is 0 Å². The van der Waals surface area contributed by atoms with Gasteiger partial charge in [0.05, 0.1) is 5.57 Å². The number of hydrogen-bond donors (Lipinski definition) is 0. The molecule has 0 bridgehead atoms. The van der Waals surface area contributed by atoms with Crippen molar-refractivity contribution in [2.75, 3.05) is 0 Å². The van der Waals surface area contributed by atoms with E-state index >= 15 is 0 Å². The predicted molar refractivity (Wildman–Crippen MR) is 76.5 cm³/mol. The molecule has 128 valence electrons. The summed E-state index contributed by atoms with van der Waals surface area (Å²) in [6.45, 7) is 9.27. The molecule has 0 aliphatic carbocycles. The summed E-state index contributed by atoms with van der Waals surface area (Å²) in [5.41, 5.74) is -0.452. The molecule has 0 saturated carbocycles. The fraction of sp³-hybridized carbons (Fsp3) is 0.533. The maximum absolute atomic E-state index is 11.8. The van der Waals surface area contributed by atoms with E-state index in [0.717, 1.165) is 6.08 Å². The van der Waals surface area contributed by atoms with Crippen molar-refractivity contribution in [1.29, 1.82) is 0 Å². The molecule has 0 spiro atoms. The molecule has 1 unspecified atom stereocenters. The Labute approximate surface area is 133 Å². The van der Waals surface area contributed by atoms with Crippen LogP contribution in [-0.4, -0.2) is 29.8 Å². The minimum absolute atomic E-state index is 0.0373. The Morgan fingerprint density at radius 2 is 1.65 bits per heavy atom. The first-order valence-corrected chi connectivity index (χ1v) is 6.88. The number of carbonyl (C=O) groups excluding carboxylic acids is 3. The van der Waals surface area contributed by atoms with Crippen LogP contribution in [0, 0.1) is 0 Å². The van der Waals surface area contributed by atoms with E-state index in [0.29, 0.717) is 0 Å². The lowest BCUT2D eigenvalue weighted by atomic mass is 10.1. The second-order valence-corrected chi connectivity index (χ2v) is 5.83. The maximum Gasteiger partial charge on any atom is 0.511 e. The SMILES string of the molecule is CC(C(=O)/C=C(\C)C(=O)OC(C)OC(=O)OC(C)(C)C)=C1OO1. The van der Waals surface area contributed by atoms with Gasteiger partial charge in [-0.3, -0.25) is 4.79 Å². The summed E-state index contributed by atoms with van der Waals surface area (Å²) in [6.07, 6.45) is -1.04. The first kappa shape index (κ1) is 18.5. The molecule has 8 heteroatoms. The van der Waals surface area contributed by atoms with Crippen molar-refractivity contribution in [2.24, 2.45) is 0 Å². The Balaban J connectivity index is 2.52. The van der Waals surface area contributed by atoms with Gasteiger partial charge in [-0.1, -0.05) is 0 Å². The summed E-state index contributed by atoms with van der Waals surface area (Å²) >= 11 is 0. The molecule has 8 nitrogen and oxygen atoms in total. The highest BCUT2D eigenvalue weighted by Gasteiger charge is 2.26. The number of allylic oxidation sites excluding steroid dienone is 2. The van der Waals surface area contributed by atoms with Crippen LogP contribution in [0.1, 0.15) is 41.5 Å². The number of rotatable bonds is 5. The van der Waals surface area contributed by atoms with Crippen LogP contribution in [0.4, 0.5) is 4.79 Å². The number of ether oxygens (including phenoxy) is 3. The molecule has 0 radical (unpaired) electrons. The second kappa shape index (κ2) is 7.17. The molecule has 0 aromatic rings. The standard InChI is InChI=1S/C15H20O8/c1-8(7-11(16)9(2)13-22-23-13)12(17)19-10(3)20-14(18)21-15(4,5)6/h7,10H,1-6H3/b8-7+. The molecule has 1 atom stereocenters. The zero-order valence-corrected chi connectivity index (χ0v) is 13.9. The fourth-order valence-corrected chi connectivity index (χ4v) is 1.29. The van der Waals surface area contributed by atoms with Crippen molar-refractivity contribution < 1.29 is 38.4 Å². The molecule has 0 amide bonds. The summed E-state index contributed by atoms with van der Waals surface area (Å²) in [7, 11) is 0. The molecule has 0 aromatic heterocycles. The highest BCUT2D eigenvalue weighted by Crippen LogP contribution is 2.23. The molecule has 1 fully saturated rings. The quantitative estimate of drug-likeness (QED) is 0.249. The van der Waals surface area contributed by atoms with Crippen molar-refractivity contribution in [3.63, 3.8) is 0 Å². The Bertz CT molecular complexity index is 559. The van der Waals surface area contributed by atoms with Crippen molar-refractivity contribution in [3.05, 3.63) is 23.2 Å². The van der Waals surface area contributed by atoms with Crippen LogP contribution in [-0.2, 0) is 33.6 Å². The van der Waals surface area contributed by atoms with E-state index in [9.17, 15) is 14.4 Å². The Morgan fingerprint density at radius 1 is 1.09 bits per heavy atom. The zero-order chi connectivity index (χ0) is 17.8. The lowest BCUT2D eigenvalue weighted by molar-refractivity contribution is -0.165. The van der Waals surface area contributed by atoms with E-state index in [4.69, 9.17) is 14.2 Å². The summed E-state index contributed by atoms with van der Waals surface area (Å²) in [4.78, 5) is 43.8. The van der Waals surface area contributed by atoms with E-state index < -0.39 is 29.8 Å². The van der Waals surface area contributed by atoms with Crippen LogP contribution in [0.25, 0.3) is 0 Å². The summed E-state index contributed by atoms with van der Waals surface area (Å²) in [5, 5.41) is 0. The van der Waals surface area contributed by atoms with Gasteiger partial charge in [0.25, 0.3) is 0 Å². The first-order chi connectivity index (χ1) is 10.5. The van der Waals surface area contributed by atoms with Crippen molar-refractivity contribution >= 4 is 17.9 Å². The normalized spacial score (nSPS) is 14.9. The molecule has 0 N–H and O–H groups in total. The Kier molecular flexibility index (Phi) is 5.78. The predicted octanol–water partition coefficient (Wildman–Crippen LogP) is 2.54. The van der Waals surface area contributed by atoms with E-state index in [1.165, 1.54) is 20.8 Å². The van der Waals surface area contributed by atoms with Gasteiger partial charge < -0.3 is 14.2 Å². The topological polar surface area (TPSA) is 104 Å². The number of ketones is 1. The van der Waals surface area contributed by atoms with Crippen LogP contribution in [0.15, 0.2) is 23.2 Å². The zero-order valence-electron chi connectivity index (χ0n) is 13.9. The summed E-state index contributed by atoms with van der Waals surface area (Å²) in [6, 6.07) is 0. The van der Waals surface area contributed by atoms with Gasteiger partial charge in [-0.05, 0) is 40.7 Å². The molecule has 1 saturated heterocycles. The van der Waals surface area contributed by atoms with Crippen LogP contribution in [0.5, 0.6) is 0 Å². The molecule has 1 aliphatic heterocycles. The minimum Gasteiger partial charge on any atom is -0.428 e. The lowest BCUT2D eigenvalue weighted by Crippen LogP contribution is -2.28. The smallest absolute Gasteiger partial charge is 0.428 e. The van der Waals surface area contributed by atoms with E-state index in [1.54, 1.807) is 20.8 Å². The highest BCUT2D eigenvalue weighted by atomic mass is 17.4. The monoisotopic (exact) mass is 328 g/mol. The van der Waals surface area contributed by atoms with Gasteiger partial charge >= 0.3 is 18.1 Å². The number of carbonyl (C=O) groups is 3. The molecule has 1 rings (SSSR count). The maximum atomic E-state index is 11.8. The van der Waals surface area contributed by atoms with Gasteiger partial charge in [0.2, 0.25) is 6.29 Å². The van der Waals surface area contributed by atoms with Crippen molar-refractivity contribution in [3.8, 4) is 0 Å². The molecule has 23 heavy (non-hydrogen) atoms. The van der Waals surface area contributed by atoms with Crippen LogP contribution >= 0.6 is 0 Å². The van der Waals surface area contributed by atoms with Gasteiger partial charge in [-0.15, -0.1) is 0 Å². The van der Waals surface area contributed by atoms with Gasteiger partial charge in [0.15, 0.2) is 5.78 Å². The fourth-order valence-electron chi connectivity index (χ4n) is 1.29. The largest absolute Gasteiger partial charge is 0.511 e. The molecular weight excluding hydrogens is 308 g/mol. The van der Waals surface area contributed by atoms with Crippen LogP contribution in [0.3, 0.4) is 0 Å². The van der Waals surface area contributed by atoms with Crippen molar-refractivity contribution in [2.45, 2.75) is 53.4 Å². The third-order valence-electron chi connectivity index (χ3n) is 2.44. The Hall–Kier alpha value is -2.51. The van der Waals surface area contributed by atoms with E-state index in [-0.39, 0.29) is 17.1 Å². The van der Waals surface area contributed by atoms with Gasteiger partial charge in [0.1, 0.15) is 5.60 Å². The third kappa shape index (κ3) is 6.86. The Morgan fingerprint density at radius 3 is 2.13 bits per heavy atom. The lowest BCUT2D eigenvalue weighted by Gasteiger charge is -2.20. The summed E-state index contributed by atoms with van der Waals surface area (Å²) < 4.78 is 14.6. The van der Waals surface area contributed by atoms with E-state index in [1.807, 2.05) is 0 Å². The van der Waals surface area contributed by atoms with Gasteiger partial charge in [0, 0.05) is 12.5 Å². The first-order valence-electron chi connectivity index (χ1n) is 6.88. The molecular formula is C15H20O8. The minimum atomic E-state index is -1.16. The van der Waals surface area contributed by atoms with Crippen LogP contribution < -0.4 is 0 Å².